The van der Waals surface area contributed by atoms with Gasteiger partial charge in [0, 0.05) is 64.0 Å². The number of hydrogen-bond donors (Lipinski definition) is 1. The van der Waals surface area contributed by atoms with E-state index in [9.17, 15) is 0 Å². The van der Waals surface area contributed by atoms with Gasteiger partial charge >= 0.3 is 0 Å². The summed E-state index contributed by atoms with van der Waals surface area (Å²) in [7, 11) is 0. The number of hydrogen-bond acceptors (Lipinski definition) is 5. The van der Waals surface area contributed by atoms with Crippen molar-refractivity contribution < 1.29 is 4.42 Å². The Morgan fingerprint density at radius 3 is 2.02 bits per heavy atom. The number of aliphatic imine (C=N–C) groups is 2. The smallest absolute Gasteiger partial charge is 0.204 e. The molecule has 5 nitrogen and oxygen atoms in total. The van der Waals surface area contributed by atoms with Gasteiger partial charge in [-0.3, -0.25) is 0 Å². The lowest BCUT2D eigenvalue weighted by Crippen LogP contribution is -2.36. The molecule has 51 heavy (non-hydrogen) atoms. The molecule has 7 aromatic carbocycles. The highest BCUT2D eigenvalue weighted by Gasteiger charge is 2.25. The van der Waals surface area contributed by atoms with E-state index in [2.05, 4.69) is 137 Å². The number of nitrogens with one attached hydrogen (secondary N) is 1. The minimum Gasteiger partial charge on any atom is -0.455 e. The van der Waals surface area contributed by atoms with Crippen molar-refractivity contribution in [1.29, 1.82) is 0 Å². The number of fused-ring (bicyclic) bond motifs is 9. The van der Waals surface area contributed by atoms with Crippen molar-refractivity contribution in [2.24, 2.45) is 9.98 Å². The van der Waals surface area contributed by atoms with Crippen LogP contribution in [0.25, 0.3) is 75.0 Å². The van der Waals surface area contributed by atoms with Crippen molar-refractivity contribution in [3.05, 3.63) is 169 Å². The third-order valence-electron chi connectivity index (χ3n) is 10.1. The molecule has 0 amide bonds. The van der Waals surface area contributed by atoms with Crippen LogP contribution in [0.1, 0.15) is 17.4 Å². The Morgan fingerprint density at radius 2 is 1.22 bits per heavy atom. The number of nitrogens with zero attached hydrogens (tertiary/aromatic N) is 3. The molecule has 1 aliphatic rings. The molecule has 0 spiro atoms. The average molecular weight is 673 g/mol. The number of thiophene rings is 1. The van der Waals surface area contributed by atoms with E-state index in [4.69, 9.17) is 14.4 Å². The predicted octanol–water partition coefficient (Wildman–Crippen LogP) is 11.7. The SMILES string of the molecule is c1ccc(C2=NC(n3c4ccccc4c4ccccc43)NC(c3ccc4sc5c(-c6cccc7c6oc6ccccc67)cccc5c4c3)=N2)cc1. The quantitative estimate of drug-likeness (QED) is 0.202. The molecule has 3 aromatic heterocycles. The number of rotatable bonds is 4. The molecule has 0 bridgehead atoms. The number of amidine groups is 2. The Bertz CT molecular complexity index is 3020. The van der Waals surface area contributed by atoms with Crippen LogP contribution in [0.3, 0.4) is 0 Å². The van der Waals surface area contributed by atoms with Gasteiger partial charge in [-0.1, -0.05) is 121 Å². The van der Waals surface area contributed by atoms with Gasteiger partial charge in [0.2, 0.25) is 6.29 Å². The Labute approximate surface area is 296 Å². The zero-order valence-corrected chi connectivity index (χ0v) is 28.1. The highest BCUT2D eigenvalue weighted by Crippen LogP contribution is 2.44. The fourth-order valence-electron chi connectivity index (χ4n) is 7.77. The Kier molecular flexibility index (Phi) is 6.12. The molecule has 0 saturated heterocycles. The van der Waals surface area contributed by atoms with Gasteiger partial charge in [0.05, 0.1) is 11.0 Å². The van der Waals surface area contributed by atoms with Gasteiger partial charge in [0.15, 0.2) is 5.84 Å². The minimum absolute atomic E-state index is 0.400. The highest BCUT2D eigenvalue weighted by molar-refractivity contribution is 7.26. The second-order valence-electron chi connectivity index (χ2n) is 13.0. The van der Waals surface area contributed by atoms with Crippen LogP contribution in [0.2, 0.25) is 0 Å². The molecule has 0 fully saturated rings. The fraction of sp³-hybridized carbons (Fsp3) is 0.0222. The average Bonchev–Trinajstić information content (AvgIpc) is 3.87. The van der Waals surface area contributed by atoms with Crippen molar-refractivity contribution in [2.45, 2.75) is 6.29 Å². The Hall–Kier alpha value is -6.50. The molecule has 1 unspecified atom stereocenters. The number of para-hydroxylation sites is 4. The Balaban J connectivity index is 1.07. The molecular formula is C45H28N4OS. The van der Waals surface area contributed by atoms with E-state index in [0.717, 1.165) is 55.5 Å². The van der Waals surface area contributed by atoms with E-state index in [1.54, 1.807) is 0 Å². The topological polar surface area (TPSA) is 54.8 Å². The first kappa shape index (κ1) is 28.3. The van der Waals surface area contributed by atoms with Gasteiger partial charge in [-0.15, -0.1) is 11.3 Å². The number of benzene rings is 7. The molecule has 10 aromatic rings. The van der Waals surface area contributed by atoms with Crippen LogP contribution in [0.15, 0.2) is 172 Å². The van der Waals surface area contributed by atoms with Gasteiger partial charge < -0.3 is 14.3 Å². The standard InChI is InChI=1S/C45H28N4OS/c1-2-12-27(13-3-1)43-46-44(48-45(47-43)49-37-21-7-4-14-29(37)30-15-5-8-22-38(30)49)28-24-25-40-36(26-28)35-20-11-19-34(42(35)51-40)33-18-10-17-32-31-16-6-9-23-39(31)50-41(32)33/h1-26,45H,(H,46,47,48). The third-order valence-corrected chi connectivity index (χ3v) is 11.3. The van der Waals surface area contributed by atoms with Crippen molar-refractivity contribution in [2.75, 3.05) is 0 Å². The first-order valence-electron chi connectivity index (χ1n) is 17.1. The van der Waals surface area contributed by atoms with Gasteiger partial charge in [-0.2, -0.15) is 0 Å². The number of aromatic nitrogens is 1. The lowest BCUT2D eigenvalue weighted by molar-refractivity contribution is 0.516. The maximum Gasteiger partial charge on any atom is 0.204 e. The van der Waals surface area contributed by atoms with Crippen molar-refractivity contribution in [1.82, 2.24) is 9.88 Å². The van der Waals surface area contributed by atoms with Gasteiger partial charge in [0.1, 0.15) is 17.0 Å². The summed E-state index contributed by atoms with van der Waals surface area (Å²) in [6.45, 7) is 0. The van der Waals surface area contributed by atoms with Crippen LogP contribution in [0.5, 0.6) is 0 Å². The molecule has 0 saturated carbocycles. The molecule has 6 heteroatoms. The Morgan fingerprint density at radius 1 is 0.549 bits per heavy atom. The zero-order chi connectivity index (χ0) is 33.5. The van der Waals surface area contributed by atoms with E-state index >= 15 is 0 Å². The van der Waals surface area contributed by atoms with Crippen molar-refractivity contribution in [3.8, 4) is 11.1 Å². The molecule has 1 aliphatic heterocycles. The summed E-state index contributed by atoms with van der Waals surface area (Å²) in [5.41, 5.74) is 8.37. The normalized spacial score (nSPS) is 14.9. The molecule has 0 aliphatic carbocycles. The molecule has 240 valence electrons. The maximum atomic E-state index is 6.47. The number of furan rings is 1. The summed E-state index contributed by atoms with van der Waals surface area (Å²) < 4.78 is 11.2. The van der Waals surface area contributed by atoms with E-state index < -0.39 is 6.29 Å². The van der Waals surface area contributed by atoms with Gasteiger partial charge in [-0.25, -0.2) is 9.98 Å². The second-order valence-corrected chi connectivity index (χ2v) is 14.0. The predicted molar refractivity (Wildman–Crippen MR) is 213 cm³/mol. The summed E-state index contributed by atoms with van der Waals surface area (Å²) in [6, 6.07) is 55.4. The lowest BCUT2D eigenvalue weighted by atomic mass is 10.00. The lowest BCUT2D eigenvalue weighted by Gasteiger charge is -2.26. The third kappa shape index (κ3) is 4.33. The van der Waals surface area contributed by atoms with Crippen LogP contribution in [-0.4, -0.2) is 16.2 Å². The van der Waals surface area contributed by atoms with Gasteiger partial charge in [-0.05, 0) is 36.4 Å². The highest BCUT2D eigenvalue weighted by atomic mass is 32.1. The van der Waals surface area contributed by atoms with E-state index in [1.807, 2.05) is 41.7 Å². The fourth-order valence-corrected chi connectivity index (χ4v) is 8.98. The summed E-state index contributed by atoms with van der Waals surface area (Å²) in [4.78, 5) is 10.4. The minimum atomic E-state index is -0.400. The summed E-state index contributed by atoms with van der Waals surface area (Å²) in [5.74, 6) is 1.49. The van der Waals surface area contributed by atoms with Gasteiger partial charge in [0.25, 0.3) is 0 Å². The molecule has 0 radical (unpaired) electrons. The van der Waals surface area contributed by atoms with Crippen LogP contribution >= 0.6 is 11.3 Å². The first-order valence-corrected chi connectivity index (χ1v) is 17.9. The maximum absolute atomic E-state index is 6.47. The van der Waals surface area contributed by atoms with Crippen molar-refractivity contribution >= 4 is 86.9 Å². The second kappa shape index (κ2) is 11.0. The summed E-state index contributed by atoms with van der Waals surface area (Å²) >= 11 is 1.82. The molecule has 11 rings (SSSR count). The zero-order valence-electron chi connectivity index (χ0n) is 27.2. The molecule has 1 atom stereocenters. The van der Waals surface area contributed by atoms with Crippen LogP contribution in [-0.2, 0) is 0 Å². The van der Waals surface area contributed by atoms with Crippen LogP contribution in [0, 0.1) is 0 Å². The van der Waals surface area contributed by atoms with Crippen LogP contribution in [0.4, 0.5) is 0 Å². The van der Waals surface area contributed by atoms with Crippen LogP contribution < -0.4 is 5.32 Å². The molecular weight excluding hydrogens is 645 g/mol. The largest absolute Gasteiger partial charge is 0.455 e. The summed E-state index contributed by atoms with van der Waals surface area (Å²) in [5, 5.41) is 10.9. The van der Waals surface area contributed by atoms with E-state index in [-0.39, 0.29) is 0 Å². The monoisotopic (exact) mass is 672 g/mol. The summed E-state index contributed by atoms with van der Waals surface area (Å²) in [6.07, 6.45) is -0.400. The van der Waals surface area contributed by atoms with E-state index in [0.29, 0.717) is 5.84 Å². The molecule has 1 N–H and O–H groups in total. The van der Waals surface area contributed by atoms with Crippen molar-refractivity contribution in [3.63, 3.8) is 0 Å². The first-order chi connectivity index (χ1) is 25.3. The molecule has 4 heterocycles. The van der Waals surface area contributed by atoms with E-state index in [1.165, 1.54) is 36.5 Å².